The molecule has 0 radical (unpaired) electrons. The van der Waals surface area contributed by atoms with E-state index in [0.29, 0.717) is 11.3 Å². The zero-order valence-electron chi connectivity index (χ0n) is 10.2. The highest BCUT2D eigenvalue weighted by molar-refractivity contribution is 5.94. The van der Waals surface area contributed by atoms with Gasteiger partial charge >= 0.3 is 0 Å². The first-order valence-electron chi connectivity index (χ1n) is 5.51. The van der Waals surface area contributed by atoms with E-state index in [9.17, 15) is 9.59 Å². The van der Waals surface area contributed by atoms with Gasteiger partial charge in [-0.1, -0.05) is 12.1 Å². The highest BCUT2D eigenvalue weighted by Gasteiger charge is 2.08. The Bertz CT molecular complexity index is 602. The molecule has 5 heteroatoms. The van der Waals surface area contributed by atoms with Crippen molar-refractivity contribution in [1.82, 2.24) is 15.1 Å². The quantitative estimate of drug-likeness (QED) is 0.829. The van der Waals surface area contributed by atoms with E-state index in [1.807, 2.05) is 6.07 Å². The third kappa shape index (κ3) is 2.29. The molecule has 1 aromatic heterocycles. The van der Waals surface area contributed by atoms with Gasteiger partial charge in [0.05, 0.1) is 5.69 Å². The Kier molecular flexibility index (Phi) is 3.23. The normalized spacial score (nSPS) is 10.1. The maximum atomic E-state index is 11.4. The zero-order valence-corrected chi connectivity index (χ0v) is 10.2. The highest BCUT2D eigenvalue weighted by atomic mass is 16.1. The summed E-state index contributed by atoms with van der Waals surface area (Å²) in [4.78, 5) is 22.7. The summed E-state index contributed by atoms with van der Waals surface area (Å²) in [5.41, 5.74) is 1.70. The topological polar surface area (TPSA) is 64.0 Å². The Morgan fingerprint density at radius 1 is 1.28 bits per heavy atom. The van der Waals surface area contributed by atoms with Gasteiger partial charge in [-0.2, -0.15) is 5.10 Å². The SMILES string of the molecule is CNC(=O)c1ccn(-c2cccc(C(C)=O)c2)n1. The fourth-order valence-corrected chi connectivity index (χ4v) is 1.58. The number of carbonyl (C=O) groups excluding carboxylic acids is 2. The molecule has 92 valence electrons. The molecule has 0 unspecified atom stereocenters. The van der Waals surface area contributed by atoms with Gasteiger partial charge in [0.2, 0.25) is 0 Å². The third-order valence-corrected chi connectivity index (χ3v) is 2.57. The number of nitrogens with one attached hydrogen (secondary N) is 1. The second kappa shape index (κ2) is 4.83. The van der Waals surface area contributed by atoms with Gasteiger partial charge in [-0.3, -0.25) is 9.59 Å². The van der Waals surface area contributed by atoms with Crippen molar-refractivity contribution in [2.75, 3.05) is 7.05 Å². The van der Waals surface area contributed by atoms with Crippen LogP contribution < -0.4 is 5.32 Å². The highest BCUT2D eigenvalue weighted by Crippen LogP contribution is 2.11. The summed E-state index contributed by atoms with van der Waals surface area (Å²) >= 11 is 0. The third-order valence-electron chi connectivity index (χ3n) is 2.57. The minimum atomic E-state index is -0.239. The Labute approximate surface area is 104 Å². The number of amides is 1. The van der Waals surface area contributed by atoms with Gasteiger partial charge < -0.3 is 5.32 Å². The van der Waals surface area contributed by atoms with Crippen LogP contribution in [-0.2, 0) is 0 Å². The first-order valence-corrected chi connectivity index (χ1v) is 5.51. The van der Waals surface area contributed by atoms with E-state index in [1.165, 1.54) is 6.92 Å². The standard InChI is InChI=1S/C13H13N3O2/c1-9(17)10-4-3-5-11(8-10)16-7-6-12(15-16)13(18)14-2/h3-8H,1-2H3,(H,14,18). The summed E-state index contributed by atoms with van der Waals surface area (Å²) in [5, 5.41) is 6.65. The van der Waals surface area contributed by atoms with Crippen molar-refractivity contribution in [3.05, 3.63) is 47.8 Å². The second-order valence-electron chi connectivity index (χ2n) is 3.83. The number of aromatic nitrogens is 2. The maximum Gasteiger partial charge on any atom is 0.271 e. The molecule has 0 atom stereocenters. The summed E-state index contributed by atoms with van der Waals surface area (Å²) in [7, 11) is 1.55. The molecule has 0 aliphatic rings. The molecule has 0 aliphatic heterocycles. The molecule has 18 heavy (non-hydrogen) atoms. The molecule has 1 aromatic carbocycles. The van der Waals surface area contributed by atoms with Crippen molar-refractivity contribution < 1.29 is 9.59 Å². The van der Waals surface area contributed by atoms with Crippen LogP contribution in [0.3, 0.4) is 0 Å². The van der Waals surface area contributed by atoms with Crippen LogP contribution in [0.2, 0.25) is 0 Å². The summed E-state index contributed by atoms with van der Waals surface area (Å²) in [5.74, 6) is -0.244. The molecular formula is C13H13N3O2. The Morgan fingerprint density at radius 2 is 2.06 bits per heavy atom. The number of Topliss-reactive ketones (excluding diaryl/α,β-unsaturated/α-hetero) is 1. The molecule has 5 nitrogen and oxygen atoms in total. The van der Waals surface area contributed by atoms with Crippen molar-refractivity contribution >= 4 is 11.7 Å². The van der Waals surface area contributed by atoms with Crippen LogP contribution in [0.25, 0.3) is 5.69 Å². The van der Waals surface area contributed by atoms with Crippen LogP contribution in [-0.4, -0.2) is 28.5 Å². The predicted octanol–water partition coefficient (Wildman–Crippen LogP) is 1.43. The first kappa shape index (κ1) is 12.0. The minimum absolute atomic E-state index is 0.00414. The lowest BCUT2D eigenvalue weighted by Crippen LogP contribution is -2.18. The number of benzene rings is 1. The molecule has 2 aromatic rings. The number of rotatable bonds is 3. The van der Waals surface area contributed by atoms with E-state index in [1.54, 1.807) is 42.2 Å². The number of carbonyl (C=O) groups is 2. The molecular weight excluding hydrogens is 230 g/mol. The monoisotopic (exact) mass is 243 g/mol. The molecule has 0 fully saturated rings. The summed E-state index contributed by atoms with van der Waals surface area (Å²) in [6.45, 7) is 1.51. The van der Waals surface area contributed by atoms with Crippen LogP contribution in [0.15, 0.2) is 36.5 Å². The molecule has 1 heterocycles. The van der Waals surface area contributed by atoms with Crippen LogP contribution in [0, 0.1) is 0 Å². The molecule has 1 amide bonds. The van der Waals surface area contributed by atoms with E-state index >= 15 is 0 Å². The van der Waals surface area contributed by atoms with Crippen molar-refractivity contribution in [2.45, 2.75) is 6.92 Å². The van der Waals surface area contributed by atoms with Crippen molar-refractivity contribution in [3.63, 3.8) is 0 Å². The zero-order chi connectivity index (χ0) is 13.1. The van der Waals surface area contributed by atoms with Crippen molar-refractivity contribution in [3.8, 4) is 5.69 Å². The number of ketones is 1. The molecule has 0 bridgehead atoms. The van der Waals surface area contributed by atoms with Crippen molar-refractivity contribution in [1.29, 1.82) is 0 Å². The van der Waals surface area contributed by atoms with Gasteiger partial charge in [-0.15, -0.1) is 0 Å². The fraction of sp³-hybridized carbons (Fsp3) is 0.154. The Hall–Kier alpha value is -2.43. The van der Waals surface area contributed by atoms with Gasteiger partial charge in [0, 0.05) is 18.8 Å². The molecule has 0 spiro atoms. The molecule has 0 saturated heterocycles. The lowest BCUT2D eigenvalue weighted by Gasteiger charge is -2.03. The summed E-state index contributed by atoms with van der Waals surface area (Å²) in [6, 6.07) is 8.72. The van der Waals surface area contributed by atoms with E-state index < -0.39 is 0 Å². The smallest absolute Gasteiger partial charge is 0.271 e. The van der Waals surface area contributed by atoms with Crippen LogP contribution >= 0.6 is 0 Å². The summed E-state index contributed by atoms with van der Waals surface area (Å²) < 4.78 is 1.57. The van der Waals surface area contributed by atoms with E-state index in [2.05, 4.69) is 10.4 Å². The van der Waals surface area contributed by atoms with Gasteiger partial charge in [-0.25, -0.2) is 4.68 Å². The predicted molar refractivity (Wildman–Crippen MR) is 67.0 cm³/mol. The van der Waals surface area contributed by atoms with Crippen molar-refractivity contribution in [2.24, 2.45) is 0 Å². The average molecular weight is 243 g/mol. The number of nitrogens with zero attached hydrogens (tertiary/aromatic N) is 2. The Balaban J connectivity index is 2.37. The van der Waals surface area contributed by atoms with Gasteiger partial charge in [0.15, 0.2) is 11.5 Å². The van der Waals surface area contributed by atoms with Crippen LogP contribution in [0.5, 0.6) is 0 Å². The average Bonchev–Trinajstić information content (AvgIpc) is 2.87. The second-order valence-corrected chi connectivity index (χ2v) is 3.83. The first-order chi connectivity index (χ1) is 8.61. The van der Waals surface area contributed by atoms with Gasteiger partial charge in [0.25, 0.3) is 5.91 Å². The maximum absolute atomic E-state index is 11.4. The number of hydrogen-bond donors (Lipinski definition) is 1. The minimum Gasteiger partial charge on any atom is -0.354 e. The lowest BCUT2D eigenvalue weighted by atomic mass is 10.1. The lowest BCUT2D eigenvalue weighted by molar-refractivity contribution is 0.0956. The molecule has 0 saturated carbocycles. The Morgan fingerprint density at radius 3 is 2.72 bits per heavy atom. The molecule has 1 N–H and O–H groups in total. The van der Waals surface area contributed by atoms with Gasteiger partial charge in [-0.05, 0) is 25.1 Å². The largest absolute Gasteiger partial charge is 0.354 e. The van der Waals surface area contributed by atoms with E-state index in [-0.39, 0.29) is 11.7 Å². The molecule has 0 aliphatic carbocycles. The molecule has 2 rings (SSSR count). The van der Waals surface area contributed by atoms with E-state index in [0.717, 1.165) is 5.69 Å². The van der Waals surface area contributed by atoms with Gasteiger partial charge in [0.1, 0.15) is 0 Å². The fourth-order valence-electron chi connectivity index (χ4n) is 1.58. The summed E-state index contributed by atoms with van der Waals surface area (Å²) in [6.07, 6.45) is 1.68. The van der Waals surface area contributed by atoms with Crippen LogP contribution in [0.1, 0.15) is 27.8 Å². The number of hydrogen-bond acceptors (Lipinski definition) is 3. The van der Waals surface area contributed by atoms with Crippen LogP contribution in [0.4, 0.5) is 0 Å². The van der Waals surface area contributed by atoms with E-state index in [4.69, 9.17) is 0 Å².